The largest absolute Gasteiger partial charge is 0.356 e. The summed E-state index contributed by atoms with van der Waals surface area (Å²) < 4.78 is 0. The maximum Gasteiger partial charge on any atom is 0.253 e. The number of hydrogen-bond acceptors (Lipinski definition) is 2. The molecule has 0 aliphatic heterocycles. The number of benzene rings is 1. The topological polar surface area (TPSA) is 56.7 Å². The number of nitrogens with zero attached hydrogens (tertiary/aromatic N) is 2. The normalized spacial score (nSPS) is 11.5. The molecule has 0 unspecified atom stereocenters. The summed E-state index contributed by atoms with van der Waals surface area (Å²) in [4.78, 5) is 17.8. The Hall–Kier alpha value is -2.04. The van der Waals surface area contributed by atoms with E-state index in [4.69, 9.17) is 0 Å². The van der Waals surface area contributed by atoms with Gasteiger partial charge in [0.2, 0.25) is 0 Å². The van der Waals surface area contributed by atoms with Crippen LogP contribution in [0, 0.1) is 5.92 Å². The first-order valence-electron chi connectivity index (χ1n) is 8.69. The van der Waals surface area contributed by atoms with E-state index in [1.54, 1.807) is 26.0 Å². The smallest absolute Gasteiger partial charge is 0.253 e. The van der Waals surface area contributed by atoms with Crippen molar-refractivity contribution in [3.63, 3.8) is 0 Å². The van der Waals surface area contributed by atoms with Crippen LogP contribution in [0.2, 0.25) is 0 Å². The molecule has 0 saturated carbocycles. The number of nitrogens with one attached hydrogen (secondary N) is 2. The minimum atomic E-state index is 0.0347. The van der Waals surface area contributed by atoms with E-state index in [9.17, 15) is 4.79 Å². The quantitative estimate of drug-likeness (QED) is 0.437. The summed E-state index contributed by atoms with van der Waals surface area (Å²) in [5.41, 5.74) is 1.87. The maximum absolute atomic E-state index is 12.0. The van der Waals surface area contributed by atoms with E-state index >= 15 is 0 Å². The Morgan fingerprint density at radius 1 is 1.21 bits per heavy atom. The van der Waals surface area contributed by atoms with Crippen LogP contribution in [0.1, 0.15) is 42.6 Å². The average Bonchev–Trinajstić information content (AvgIpc) is 2.56. The summed E-state index contributed by atoms with van der Waals surface area (Å²) in [6.45, 7) is 6.19. The second-order valence-corrected chi connectivity index (χ2v) is 6.61. The van der Waals surface area contributed by atoms with E-state index in [0.29, 0.717) is 0 Å². The number of rotatable bonds is 8. The molecule has 0 radical (unpaired) electrons. The molecule has 1 amide bonds. The molecule has 5 heteroatoms. The van der Waals surface area contributed by atoms with Crippen molar-refractivity contribution in [2.24, 2.45) is 10.9 Å². The third kappa shape index (κ3) is 7.49. The number of carbonyl (C=O) groups is 1. The Labute approximate surface area is 146 Å². The molecule has 0 aromatic heterocycles. The van der Waals surface area contributed by atoms with Crippen LogP contribution in [-0.4, -0.2) is 51.0 Å². The Morgan fingerprint density at radius 3 is 2.54 bits per heavy atom. The van der Waals surface area contributed by atoms with Crippen LogP contribution < -0.4 is 10.6 Å². The fourth-order valence-corrected chi connectivity index (χ4v) is 2.38. The number of amides is 1. The average molecular weight is 332 g/mol. The Balaban J connectivity index is 2.40. The molecule has 2 N–H and O–H groups in total. The summed E-state index contributed by atoms with van der Waals surface area (Å²) in [7, 11) is 5.32. The first-order valence-corrected chi connectivity index (χ1v) is 8.69. The van der Waals surface area contributed by atoms with Crippen molar-refractivity contribution in [3.8, 4) is 0 Å². The van der Waals surface area contributed by atoms with E-state index < -0.39 is 0 Å². The Morgan fingerprint density at radius 2 is 1.92 bits per heavy atom. The predicted molar refractivity (Wildman–Crippen MR) is 102 cm³/mol. The van der Waals surface area contributed by atoms with Gasteiger partial charge in [-0.1, -0.05) is 26.0 Å². The number of aliphatic imine (C=N–C) groups is 1. The standard InChI is InChI=1S/C19H32N4O/c1-15(2)8-7-12-21-19(20-3)22-13-11-16-9-6-10-17(14-16)18(24)23(4)5/h6,9-10,14-15H,7-8,11-13H2,1-5H3,(H2,20,21,22). The lowest BCUT2D eigenvalue weighted by Gasteiger charge is -2.13. The highest BCUT2D eigenvalue weighted by Crippen LogP contribution is 2.07. The molecule has 0 atom stereocenters. The van der Waals surface area contributed by atoms with Gasteiger partial charge >= 0.3 is 0 Å². The Bertz CT molecular complexity index is 538. The monoisotopic (exact) mass is 332 g/mol. The maximum atomic E-state index is 12.0. The van der Waals surface area contributed by atoms with Crippen LogP contribution in [0.25, 0.3) is 0 Å². The van der Waals surface area contributed by atoms with Gasteiger partial charge in [0.05, 0.1) is 0 Å². The first-order chi connectivity index (χ1) is 11.4. The molecule has 0 aliphatic carbocycles. The fourth-order valence-electron chi connectivity index (χ4n) is 2.38. The zero-order valence-corrected chi connectivity index (χ0v) is 15.7. The molecule has 1 aromatic rings. The lowest BCUT2D eigenvalue weighted by atomic mass is 10.1. The lowest BCUT2D eigenvalue weighted by Crippen LogP contribution is -2.38. The van der Waals surface area contributed by atoms with E-state index in [-0.39, 0.29) is 5.91 Å². The molecule has 1 rings (SSSR count). The van der Waals surface area contributed by atoms with Gasteiger partial charge in [-0.05, 0) is 42.9 Å². The fraction of sp³-hybridized carbons (Fsp3) is 0.579. The van der Waals surface area contributed by atoms with Crippen LogP contribution in [0.5, 0.6) is 0 Å². The van der Waals surface area contributed by atoms with E-state index in [0.717, 1.165) is 48.9 Å². The van der Waals surface area contributed by atoms with Gasteiger partial charge in [-0.25, -0.2) is 0 Å². The van der Waals surface area contributed by atoms with E-state index in [1.807, 2.05) is 24.3 Å². The van der Waals surface area contributed by atoms with Crippen molar-refractivity contribution in [1.29, 1.82) is 0 Å². The van der Waals surface area contributed by atoms with Crippen LogP contribution in [-0.2, 0) is 6.42 Å². The molecule has 0 bridgehead atoms. The number of hydrogen-bond donors (Lipinski definition) is 2. The summed E-state index contributed by atoms with van der Waals surface area (Å²) in [5, 5.41) is 6.65. The second-order valence-electron chi connectivity index (χ2n) is 6.61. The van der Waals surface area contributed by atoms with Crippen molar-refractivity contribution >= 4 is 11.9 Å². The van der Waals surface area contributed by atoms with E-state index in [2.05, 4.69) is 29.5 Å². The van der Waals surface area contributed by atoms with Gasteiger partial charge in [0.25, 0.3) is 5.91 Å². The van der Waals surface area contributed by atoms with Crippen molar-refractivity contribution in [3.05, 3.63) is 35.4 Å². The predicted octanol–water partition coefficient (Wildman–Crippen LogP) is 2.53. The minimum absolute atomic E-state index is 0.0347. The van der Waals surface area contributed by atoms with Gasteiger partial charge in [-0.2, -0.15) is 0 Å². The number of carbonyl (C=O) groups excluding carboxylic acids is 1. The highest BCUT2D eigenvalue weighted by atomic mass is 16.2. The van der Waals surface area contributed by atoms with Crippen LogP contribution in [0.4, 0.5) is 0 Å². The van der Waals surface area contributed by atoms with Gasteiger partial charge in [0, 0.05) is 39.8 Å². The Kier molecular flexibility index (Phi) is 8.90. The van der Waals surface area contributed by atoms with Crippen molar-refractivity contribution in [2.45, 2.75) is 33.1 Å². The number of guanidine groups is 1. The molecular weight excluding hydrogens is 300 g/mol. The zero-order valence-electron chi connectivity index (χ0n) is 15.7. The molecule has 1 aromatic carbocycles. The van der Waals surface area contributed by atoms with E-state index in [1.165, 1.54) is 6.42 Å². The SMILES string of the molecule is CN=C(NCCCC(C)C)NCCc1cccc(C(=O)N(C)C)c1. The molecular formula is C19H32N4O. The molecule has 24 heavy (non-hydrogen) atoms. The molecule has 5 nitrogen and oxygen atoms in total. The summed E-state index contributed by atoms with van der Waals surface area (Å²) >= 11 is 0. The van der Waals surface area contributed by atoms with Crippen LogP contribution in [0.3, 0.4) is 0 Å². The van der Waals surface area contributed by atoms with Gasteiger partial charge < -0.3 is 15.5 Å². The lowest BCUT2D eigenvalue weighted by molar-refractivity contribution is 0.0827. The minimum Gasteiger partial charge on any atom is -0.356 e. The van der Waals surface area contributed by atoms with Crippen molar-refractivity contribution < 1.29 is 4.79 Å². The summed E-state index contributed by atoms with van der Waals surface area (Å²) in [5.74, 6) is 1.60. The zero-order chi connectivity index (χ0) is 17.9. The summed E-state index contributed by atoms with van der Waals surface area (Å²) in [6, 6.07) is 7.80. The highest BCUT2D eigenvalue weighted by Gasteiger charge is 2.08. The van der Waals surface area contributed by atoms with Crippen LogP contribution in [0.15, 0.2) is 29.3 Å². The second kappa shape index (κ2) is 10.7. The van der Waals surface area contributed by atoms with Crippen molar-refractivity contribution in [1.82, 2.24) is 15.5 Å². The molecule has 0 fully saturated rings. The van der Waals surface area contributed by atoms with Gasteiger partial charge in [-0.3, -0.25) is 9.79 Å². The molecule has 0 aliphatic rings. The van der Waals surface area contributed by atoms with Crippen molar-refractivity contribution in [2.75, 3.05) is 34.2 Å². The third-order valence-corrected chi connectivity index (χ3v) is 3.76. The summed E-state index contributed by atoms with van der Waals surface area (Å²) in [6.07, 6.45) is 3.21. The molecule has 0 spiro atoms. The molecule has 0 heterocycles. The van der Waals surface area contributed by atoms with Gasteiger partial charge in [0.15, 0.2) is 5.96 Å². The third-order valence-electron chi connectivity index (χ3n) is 3.76. The molecule has 134 valence electrons. The van der Waals surface area contributed by atoms with Gasteiger partial charge in [0.1, 0.15) is 0 Å². The first kappa shape index (κ1) is 20.0. The van der Waals surface area contributed by atoms with Gasteiger partial charge in [-0.15, -0.1) is 0 Å². The van der Waals surface area contributed by atoms with Crippen LogP contribution >= 0.6 is 0 Å². The molecule has 0 saturated heterocycles. The highest BCUT2D eigenvalue weighted by molar-refractivity contribution is 5.94.